The lowest BCUT2D eigenvalue weighted by Gasteiger charge is -2.05. The minimum Gasteiger partial charge on any atom is -0.274 e. The van der Waals surface area contributed by atoms with Gasteiger partial charge >= 0.3 is 6.18 Å². The third kappa shape index (κ3) is 3.33. The van der Waals surface area contributed by atoms with Gasteiger partial charge in [-0.25, -0.2) is 4.98 Å². The summed E-state index contributed by atoms with van der Waals surface area (Å²) in [5.41, 5.74) is -0.391. The van der Waals surface area contributed by atoms with Crippen LogP contribution in [0.5, 0.6) is 0 Å². The van der Waals surface area contributed by atoms with Crippen LogP contribution in [0.2, 0.25) is 0 Å². The van der Waals surface area contributed by atoms with E-state index < -0.39 is 17.8 Å². The number of pyridine rings is 1. The molecule has 0 unspecified atom stereocenters. The Bertz CT molecular complexity index is 351. The summed E-state index contributed by atoms with van der Waals surface area (Å²) in [5.74, 6) is 0. The summed E-state index contributed by atoms with van der Waals surface area (Å²) < 4.78 is 35.7. The molecule has 6 heteroatoms. The third-order valence-corrected chi connectivity index (χ3v) is 1.58. The van der Waals surface area contributed by atoms with Gasteiger partial charge in [-0.15, -0.1) is 0 Å². The standard InChI is InChI=1S/C8H5ClF3NO/c9-7(14)6-3-1-2-5(13-6)4-8(10,11)12/h1-3H,4H2. The zero-order valence-electron chi connectivity index (χ0n) is 6.81. The molecule has 1 aromatic rings. The first kappa shape index (κ1) is 11.0. The third-order valence-electron chi connectivity index (χ3n) is 1.39. The first-order chi connectivity index (χ1) is 6.38. The largest absolute Gasteiger partial charge is 0.394 e. The zero-order valence-corrected chi connectivity index (χ0v) is 7.56. The minimum absolute atomic E-state index is 0.173. The van der Waals surface area contributed by atoms with Crippen LogP contribution in [0.15, 0.2) is 18.2 Å². The number of carbonyl (C=O) groups excluding carboxylic acids is 1. The van der Waals surface area contributed by atoms with Gasteiger partial charge in [-0.2, -0.15) is 13.2 Å². The lowest BCUT2D eigenvalue weighted by atomic mass is 10.2. The predicted molar refractivity (Wildman–Crippen MR) is 44.2 cm³/mol. The lowest BCUT2D eigenvalue weighted by Crippen LogP contribution is -2.13. The average molecular weight is 224 g/mol. The van der Waals surface area contributed by atoms with E-state index in [2.05, 4.69) is 4.98 Å². The molecule has 0 spiro atoms. The van der Waals surface area contributed by atoms with E-state index in [0.29, 0.717) is 0 Å². The van der Waals surface area contributed by atoms with Gasteiger partial charge in [-0.3, -0.25) is 4.79 Å². The lowest BCUT2D eigenvalue weighted by molar-refractivity contribution is -0.127. The predicted octanol–water partition coefficient (Wildman–Crippen LogP) is 2.57. The molecule has 0 radical (unpaired) electrons. The van der Waals surface area contributed by atoms with Crippen LogP contribution in [0.4, 0.5) is 13.2 Å². The molecule has 0 bridgehead atoms. The van der Waals surface area contributed by atoms with Crippen molar-refractivity contribution in [1.82, 2.24) is 4.98 Å². The number of alkyl halides is 3. The molecule has 1 aromatic heterocycles. The Morgan fingerprint density at radius 3 is 2.57 bits per heavy atom. The Hall–Kier alpha value is -1.10. The highest BCUT2D eigenvalue weighted by molar-refractivity contribution is 6.67. The maximum Gasteiger partial charge on any atom is 0.394 e. The number of hydrogen-bond acceptors (Lipinski definition) is 2. The van der Waals surface area contributed by atoms with Gasteiger partial charge in [0, 0.05) is 0 Å². The van der Waals surface area contributed by atoms with E-state index in [0.717, 1.165) is 0 Å². The van der Waals surface area contributed by atoms with Crippen LogP contribution >= 0.6 is 11.6 Å². The van der Waals surface area contributed by atoms with Gasteiger partial charge in [0.05, 0.1) is 12.1 Å². The fourth-order valence-electron chi connectivity index (χ4n) is 0.893. The summed E-state index contributed by atoms with van der Waals surface area (Å²) in [6.07, 6.45) is -5.49. The van der Waals surface area contributed by atoms with E-state index in [4.69, 9.17) is 11.6 Å². The van der Waals surface area contributed by atoms with Gasteiger partial charge in [0.15, 0.2) is 0 Å². The Morgan fingerprint density at radius 2 is 2.07 bits per heavy atom. The van der Waals surface area contributed by atoms with E-state index in [9.17, 15) is 18.0 Å². The number of aromatic nitrogens is 1. The first-order valence-electron chi connectivity index (χ1n) is 3.61. The number of nitrogens with zero attached hydrogens (tertiary/aromatic N) is 1. The highest BCUT2D eigenvalue weighted by atomic mass is 35.5. The van der Waals surface area contributed by atoms with Crippen LogP contribution in [-0.2, 0) is 6.42 Å². The second kappa shape index (κ2) is 3.96. The number of carbonyl (C=O) groups is 1. The van der Waals surface area contributed by atoms with E-state index in [1.807, 2.05) is 0 Å². The summed E-state index contributed by atoms with van der Waals surface area (Å²) in [6, 6.07) is 3.76. The van der Waals surface area contributed by atoms with Crippen molar-refractivity contribution in [2.45, 2.75) is 12.6 Å². The van der Waals surface area contributed by atoms with Crippen molar-refractivity contribution in [3.63, 3.8) is 0 Å². The molecule has 0 amide bonds. The van der Waals surface area contributed by atoms with Crippen molar-refractivity contribution in [2.75, 3.05) is 0 Å². The molecule has 0 saturated heterocycles. The molecule has 0 aliphatic heterocycles. The Kier molecular flexibility index (Phi) is 3.10. The highest BCUT2D eigenvalue weighted by Crippen LogP contribution is 2.20. The van der Waals surface area contributed by atoms with E-state index in [1.54, 1.807) is 0 Å². The molecular weight excluding hydrogens is 219 g/mol. The molecule has 1 rings (SSSR count). The van der Waals surface area contributed by atoms with Crippen molar-refractivity contribution in [1.29, 1.82) is 0 Å². The Labute approximate surface area is 82.7 Å². The fraction of sp³-hybridized carbons (Fsp3) is 0.250. The molecule has 0 fully saturated rings. The van der Waals surface area contributed by atoms with Crippen molar-refractivity contribution in [3.05, 3.63) is 29.6 Å². The fourth-order valence-corrected chi connectivity index (χ4v) is 0.998. The maximum absolute atomic E-state index is 11.9. The van der Waals surface area contributed by atoms with Gasteiger partial charge < -0.3 is 0 Å². The van der Waals surface area contributed by atoms with Gasteiger partial charge in [0.25, 0.3) is 5.24 Å². The highest BCUT2D eigenvalue weighted by Gasteiger charge is 2.28. The smallest absolute Gasteiger partial charge is 0.274 e. The number of hydrogen-bond donors (Lipinski definition) is 0. The summed E-state index contributed by atoms with van der Waals surface area (Å²) in [4.78, 5) is 14.0. The van der Waals surface area contributed by atoms with Crippen molar-refractivity contribution in [3.8, 4) is 0 Å². The maximum atomic E-state index is 11.9. The quantitative estimate of drug-likeness (QED) is 0.722. The summed E-state index contributed by atoms with van der Waals surface area (Å²) in [6.45, 7) is 0. The molecular formula is C8H5ClF3NO. The van der Waals surface area contributed by atoms with E-state index in [-0.39, 0.29) is 11.4 Å². The molecule has 0 aromatic carbocycles. The van der Waals surface area contributed by atoms with Gasteiger partial charge in [0.2, 0.25) is 0 Å². The summed E-state index contributed by atoms with van der Waals surface area (Å²) in [5, 5.41) is -0.867. The topological polar surface area (TPSA) is 30.0 Å². The van der Waals surface area contributed by atoms with Crippen molar-refractivity contribution >= 4 is 16.8 Å². The number of halogens is 4. The Morgan fingerprint density at radius 1 is 1.43 bits per heavy atom. The SMILES string of the molecule is O=C(Cl)c1cccc(CC(F)(F)F)n1. The minimum atomic E-state index is -4.33. The molecule has 76 valence electrons. The molecule has 0 atom stereocenters. The van der Waals surface area contributed by atoms with Crippen LogP contribution in [0.1, 0.15) is 16.2 Å². The molecule has 0 N–H and O–H groups in total. The van der Waals surface area contributed by atoms with Crippen LogP contribution in [0, 0.1) is 0 Å². The van der Waals surface area contributed by atoms with Gasteiger partial charge in [-0.1, -0.05) is 6.07 Å². The second-order valence-corrected chi connectivity index (χ2v) is 2.92. The molecule has 1 heterocycles. The normalized spacial score (nSPS) is 11.4. The van der Waals surface area contributed by atoms with Crippen molar-refractivity contribution in [2.24, 2.45) is 0 Å². The zero-order chi connectivity index (χ0) is 10.8. The molecule has 0 aliphatic carbocycles. The van der Waals surface area contributed by atoms with Crippen LogP contribution in [0.25, 0.3) is 0 Å². The molecule has 0 aliphatic rings. The average Bonchev–Trinajstić information content (AvgIpc) is 2.01. The summed E-state index contributed by atoms with van der Waals surface area (Å²) >= 11 is 5.06. The van der Waals surface area contributed by atoms with E-state index >= 15 is 0 Å². The van der Waals surface area contributed by atoms with Crippen LogP contribution < -0.4 is 0 Å². The van der Waals surface area contributed by atoms with Gasteiger partial charge in [-0.05, 0) is 23.7 Å². The number of rotatable bonds is 2. The Balaban J connectivity index is 2.89. The molecule has 14 heavy (non-hydrogen) atoms. The monoisotopic (exact) mass is 223 g/mol. The van der Waals surface area contributed by atoms with Crippen LogP contribution in [0.3, 0.4) is 0 Å². The van der Waals surface area contributed by atoms with Gasteiger partial charge in [0.1, 0.15) is 5.69 Å². The first-order valence-corrected chi connectivity index (χ1v) is 3.99. The second-order valence-electron chi connectivity index (χ2n) is 2.58. The molecule has 2 nitrogen and oxygen atoms in total. The summed E-state index contributed by atoms with van der Waals surface area (Å²) in [7, 11) is 0. The van der Waals surface area contributed by atoms with Crippen molar-refractivity contribution < 1.29 is 18.0 Å². The molecule has 0 saturated carbocycles. The van der Waals surface area contributed by atoms with Crippen LogP contribution in [-0.4, -0.2) is 16.4 Å². The van der Waals surface area contributed by atoms with E-state index in [1.165, 1.54) is 18.2 Å².